The summed E-state index contributed by atoms with van der Waals surface area (Å²) in [6.45, 7) is 3.57. The molecule has 0 aliphatic carbocycles. The van der Waals surface area contributed by atoms with Gasteiger partial charge in [0.1, 0.15) is 5.60 Å². The van der Waals surface area contributed by atoms with E-state index in [0.717, 1.165) is 6.42 Å². The molecule has 0 saturated carbocycles. The number of allylic oxidation sites excluding steroid dienone is 1. The lowest BCUT2D eigenvalue weighted by Crippen LogP contribution is -2.47. The van der Waals surface area contributed by atoms with Crippen LogP contribution in [0.3, 0.4) is 0 Å². The largest absolute Gasteiger partial charge is 0.468 e. The maximum Gasteiger partial charge on any atom is 0.468 e. The molecule has 0 aromatic rings. The second-order valence-corrected chi connectivity index (χ2v) is 4.81. The Labute approximate surface area is 101 Å². The van der Waals surface area contributed by atoms with Crippen molar-refractivity contribution in [1.29, 1.82) is 0 Å². The average molecular weight is 300 g/mol. The molecule has 0 fully saturated rings. The lowest BCUT2D eigenvalue weighted by Gasteiger charge is -2.36. The smallest absolute Gasteiger partial charge is 0.463 e. The molecule has 0 aromatic heterocycles. The van der Waals surface area contributed by atoms with E-state index in [1.165, 1.54) is 0 Å². The first-order valence-electron chi connectivity index (χ1n) is 4.92. The van der Waals surface area contributed by atoms with Crippen LogP contribution in [0.2, 0.25) is 0 Å². The molecule has 16 heavy (non-hydrogen) atoms. The Morgan fingerprint density at radius 2 is 2.25 bits per heavy atom. The van der Waals surface area contributed by atoms with Gasteiger partial charge in [-0.05, 0) is 19.4 Å². The summed E-state index contributed by atoms with van der Waals surface area (Å²) in [6.07, 6.45) is -0.341. The van der Waals surface area contributed by atoms with Crippen LogP contribution < -0.4 is 0 Å². The number of hydrogen-bond donors (Lipinski definition) is 0. The van der Waals surface area contributed by atoms with Gasteiger partial charge in [-0.3, -0.25) is 0 Å². The zero-order chi connectivity index (χ0) is 12.4. The molecule has 1 aliphatic heterocycles. The van der Waals surface area contributed by atoms with Crippen LogP contribution in [0, 0.1) is 0 Å². The summed E-state index contributed by atoms with van der Waals surface area (Å²) < 4.78 is 42.3. The lowest BCUT2D eigenvalue weighted by atomic mass is 10.00. The Kier molecular flexibility index (Phi) is 4.04. The molecule has 0 N–H and O–H groups in total. The highest BCUT2D eigenvalue weighted by Gasteiger charge is 2.46. The predicted molar refractivity (Wildman–Crippen MR) is 60.0 cm³/mol. The summed E-state index contributed by atoms with van der Waals surface area (Å²) in [6, 6.07) is 0. The second kappa shape index (κ2) is 4.77. The molecule has 2 nitrogen and oxygen atoms in total. The van der Waals surface area contributed by atoms with E-state index >= 15 is 0 Å². The first-order valence-corrected chi connectivity index (χ1v) is 5.83. The van der Waals surface area contributed by atoms with Gasteiger partial charge in [-0.15, -0.1) is 0 Å². The molecule has 0 radical (unpaired) electrons. The minimum Gasteiger partial charge on any atom is -0.463 e. The third-order valence-corrected chi connectivity index (χ3v) is 3.46. The number of nitrogens with zero attached hydrogens (tertiary/aromatic N) is 1. The lowest BCUT2D eigenvalue weighted by molar-refractivity contribution is -0.0913. The Balaban J connectivity index is 2.90. The molecule has 2 unspecified atom stereocenters. The maximum absolute atomic E-state index is 12.4. The molecule has 0 bridgehead atoms. The molecule has 6 heteroatoms. The van der Waals surface area contributed by atoms with Gasteiger partial charge in [0.15, 0.2) is 0 Å². The van der Waals surface area contributed by atoms with Crippen molar-refractivity contribution in [2.45, 2.75) is 36.9 Å². The van der Waals surface area contributed by atoms with Crippen LogP contribution in [0.4, 0.5) is 13.2 Å². The Bertz CT molecular complexity index is 314. The summed E-state index contributed by atoms with van der Waals surface area (Å²) in [4.78, 5) is 3.12. The van der Waals surface area contributed by atoms with Crippen LogP contribution in [0.1, 0.15) is 20.3 Å². The number of rotatable bonds is 2. The fraction of sp³-hybridized carbons (Fsp3) is 0.700. The third kappa shape index (κ3) is 2.99. The Morgan fingerprint density at radius 1 is 1.62 bits per heavy atom. The van der Waals surface area contributed by atoms with Crippen LogP contribution in [-0.4, -0.2) is 29.0 Å². The van der Waals surface area contributed by atoms with Crippen LogP contribution in [0.5, 0.6) is 0 Å². The minimum atomic E-state index is -4.52. The van der Waals surface area contributed by atoms with Crippen LogP contribution in [0.15, 0.2) is 17.1 Å². The van der Waals surface area contributed by atoms with Crippen molar-refractivity contribution < 1.29 is 17.9 Å². The van der Waals surface area contributed by atoms with Gasteiger partial charge < -0.3 is 4.74 Å². The normalized spacial score (nSPS) is 31.4. The summed E-state index contributed by atoms with van der Waals surface area (Å²) in [5.74, 6) is -1.15. The fourth-order valence-electron chi connectivity index (χ4n) is 1.29. The van der Waals surface area contributed by atoms with E-state index in [4.69, 9.17) is 4.74 Å². The van der Waals surface area contributed by atoms with Gasteiger partial charge in [-0.2, -0.15) is 13.2 Å². The Morgan fingerprint density at radius 3 is 2.75 bits per heavy atom. The van der Waals surface area contributed by atoms with E-state index in [-0.39, 0.29) is 11.4 Å². The zero-order valence-electron chi connectivity index (χ0n) is 9.01. The summed E-state index contributed by atoms with van der Waals surface area (Å²) in [5, 5.41) is 0. The van der Waals surface area contributed by atoms with E-state index < -0.39 is 17.7 Å². The van der Waals surface area contributed by atoms with Crippen molar-refractivity contribution in [2.75, 3.05) is 6.54 Å². The standard InChI is InChI=1S/C10H13BrF3NO/c1-3-4-5-9(2)7(11)6-15-8(16-9)10(12,13)14/h4-5,7H,3,6H2,1-2H3/b5-4-. The number of alkyl halides is 4. The predicted octanol–water partition coefficient (Wildman–Crippen LogP) is 3.47. The first kappa shape index (κ1) is 13.5. The molecule has 0 aromatic carbocycles. The number of aliphatic imine (C=N–C) groups is 1. The molecule has 92 valence electrons. The molecule has 2 atom stereocenters. The van der Waals surface area contributed by atoms with E-state index in [1.807, 2.05) is 6.92 Å². The van der Waals surface area contributed by atoms with Crippen molar-refractivity contribution in [2.24, 2.45) is 4.99 Å². The number of ether oxygens (including phenoxy) is 1. The highest BCUT2D eigenvalue weighted by atomic mass is 79.9. The van der Waals surface area contributed by atoms with Gasteiger partial charge in [0.2, 0.25) is 0 Å². The topological polar surface area (TPSA) is 21.6 Å². The van der Waals surface area contributed by atoms with Crippen LogP contribution >= 0.6 is 15.9 Å². The molecule has 0 saturated heterocycles. The van der Waals surface area contributed by atoms with Gasteiger partial charge in [-0.25, -0.2) is 4.99 Å². The first-order chi connectivity index (χ1) is 7.29. The van der Waals surface area contributed by atoms with Gasteiger partial charge >= 0.3 is 6.18 Å². The highest BCUT2D eigenvalue weighted by Crippen LogP contribution is 2.33. The van der Waals surface area contributed by atoms with E-state index in [1.54, 1.807) is 19.1 Å². The van der Waals surface area contributed by atoms with Crippen molar-refractivity contribution >= 4 is 21.8 Å². The van der Waals surface area contributed by atoms with Crippen molar-refractivity contribution in [3.8, 4) is 0 Å². The fourth-order valence-corrected chi connectivity index (χ4v) is 1.68. The quantitative estimate of drug-likeness (QED) is 0.565. The van der Waals surface area contributed by atoms with Crippen LogP contribution in [0.25, 0.3) is 0 Å². The molecule has 0 amide bonds. The average Bonchev–Trinajstić information content (AvgIpc) is 2.18. The third-order valence-electron chi connectivity index (χ3n) is 2.26. The van der Waals surface area contributed by atoms with Crippen molar-refractivity contribution in [3.05, 3.63) is 12.2 Å². The summed E-state index contributed by atoms with van der Waals surface area (Å²) in [7, 11) is 0. The van der Waals surface area contributed by atoms with E-state index in [9.17, 15) is 13.2 Å². The summed E-state index contributed by atoms with van der Waals surface area (Å²) in [5.41, 5.74) is -0.997. The van der Waals surface area contributed by atoms with Gasteiger partial charge in [0, 0.05) is 0 Å². The summed E-state index contributed by atoms with van der Waals surface area (Å²) >= 11 is 3.28. The molecule has 1 aliphatic rings. The monoisotopic (exact) mass is 299 g/mol. The molecule has 1 rings (SSSR count). The van der Waals surface area contributed by atoms with Crippen molar-refractivity contribution in [1.82, 2.24) is 0 Å². The van der Waals surface area contributed by atoms with Gasteiger partial charge in [-0.1, -0.05) is 28.9 Å². The van der Waals surface area contributed by atoms with Crippen LogP contribution in [-0.2, 0) is 4.74 Å². The second-order valence-electron chi connectivity index (χ2n) is 3.71. The maximum atomic E-state index is 12.4. The molecular weight excluding hydrogens is 287 g/mol. The van der Waals surface area contributed by atoms with E-state index in [2.05, 4.69) is 20.9 Å². The Hall–Kier alpha value is -0.520. The molecule has 1 heterocycles. The van der Waals surface area contributed by atoms with Gasteiger partial charge in [0.25, 0.3) is 5.90 Å². The van der Waals surface area contributed by atoms with E-state index in [0.29, 0.717) is 0 Å². The SMILES string of the molecule is CC/C=C\C1(C)OC(C(F)(F)F)=NCC1Br. The zero-order valence-corrected chi connectivity index (χ0v) is 10.6. The number of halogens is 4. The van der Waals surface area contributed by atoms with Gasteiger partial charge in [0.05, 0.1) is 11.4 Å². The van der Waals surface area contributed by atoms with Crippen molar-refractivity contribution in [3.63, 3.8) is 0 Å². The number of hydrogen-bond acceptors (Lipinski definition) is 2. The molecule has 0 spiro atoms. The minimum absolute atomic E-state index is 0.0550. The highest BCUT2D eigenvalue weighted by molar-refractivity contribution is 9.09. The molecular formula is C10H13BrF3NO.